The number of ether oxygens (including phenoxy) is 2. The molecule has 1 aliphatic rings. The highest BCUT2D eigenvalue weighted by atomic mass is 16.5. The zero-order valence-electron chi connectivity index (χ0n) is 13.2. The van der Waals surface area contributed by atoms with Gasteiger partial charge < -0.3 is 14.4 Å². The summed E-state index contributed by atoms with van der Waals surface area (Å²) in [7, 11) is 1.36. The number of hydrogen-bond acceptors (Lipinski definition) is 4. The van der Waals surface area contributed by atoms with Crippen molar-refractivity contribution in [3.05, 3.63) is 29.8 Å². The maximum atomic E-state index is 12.3. The highest BCUT2D eigenvalue weighted by molar-refractivity contribution is 5.79. The van der Waals surface area contributed by atoms with Crippen molar-refractivity contribution in [1.29, 1.82) is 0 Å². The Labute approximate surface area is 131 Å². The Morgan fingerprint density at radius 1 is 1.32 bits per heavy atom. The first-order valence-corrected chi connectivity index (χ1v) is 7.72. The van der Waals surface area contributed by atoms with E-state index in [0.29, 0.717) is 12.3 Å². The number of esters is 1. The average molecular weight is 305 g/mol. The smallest absolute Gasteiger partial charge is 0.307 e. The van der Waals surface area contributed by atoms with Crippen LogP contribution in [0.2, 0.25) is 0 Å². The van der Waals surface area contributed by atoms with Gasteiger partial charge in [-0.2, -0.15) is 0 Å². The second-order valence-electron chi connectivity index (χ2n) is 5.43. The molecule has 0 heterocycles. The molecule has 1 saturated carbocycles. The molecule has 1 aromatic rings. The molecular formula is C17H23NO4. The molecule has 1 fully saturated rings. The maximum absolute atomic E-state index is 12.3. The number of hydrogen-bond donors (Lipinski definition) is 0. The summed E-state index contributed by atoms with van der Waals surface area (Å²) in [4.78, 5) is 25.3. The lowest BCUT2D eigenvalue weighted by molar-refractivity contribution is -0.142. The van der Waals surface area contributed by atoms with Gasteiger partial charge in [-0.05, 0) is 37.0 Å². The summed E-state index contributed by atoms with van der Waals surface area (Å²) < 4.78 is 10.2. The van der Waals surface area contributed by atoms with Crippen molar-refractivity contribution in [2.45, 2.75) is 38.6 Å². The fraction of sp³-hybridized carbons (Fsp3) is 0.529. The van der Waals surface area contributed by atoms with E-state index in [1.165, 1.54) is 12.7 Å². The Bertz CT molecular complexity index is 525. The van der Waals surface area contributed by atoms with Crippen LogP contribution in [0.4, 0.5) is 0 Å². The van der Waals surface area contributed by atoms with Crippen molar-refractivity contribution in [2.24, 2.45) is 0 Å². The lowest BCUT2D eigenvalue weighted by Gasteiger charge is -2.22. The lowest BCUT2D eigenvalue weighted by Crippen LogP contribution is -2.38. The fourth-order valence-corrected chi connectivity index (χ4v) is 2.29. The van der Waals surface area contributed by atoms with Gasteiger partial charge in [0, 0.05) is 12.6 Å². The molecule has 0 bridgehead atoms. The number of aryl methyl sites for hydroxylation is 1. The highest BCUT2D eigenvalue weighted by Crippen LogP contribution is 2.27. The van der Waals surface area contributed by atoms with Crippen molar-refractivity contribution < 1.29 is 19.1 Å². The predicted octanol–water partition coefficient (Wildman–Crippen LogP) is 2.18. The lowest BCUT2D eigenvalue weighted by atomic mass is 10.2. The molecule has 0 spiro atoms. The van der Waals surface area contributed by atoms with Gasteiger partial charge in [-0.3, -0.25) is 9.59 Å². The summed E-state index contributed by atoms with van der Waals surface area (Å²) in [6.07, 6.45) is 3.15. The van der Waals surface area contributed by atoms with E-state index in [1.54, 1.807) is 4.90 Å². The summed E-state index contributed by atoms with van der Waals surface area (Å²) in [5, 5.41) is 0. The van der Waals surface area contributed by atoms with Gasteiger partial charge in [0.2, 0.25) is 0 Å². The fourth-order valence-electron chi connectivity index (χ4n) is 2.29. The number of carbonyl (C=O) groups is 2. The molecule has 5 nitrogen and oxygen atoms in total. The molecule has 0 aliphatic heterocycles. The molecule has 0 N–H and O–H groups in total. The van der Waals surface area contributed by atoms with Crippen molar-refractivity contribution in [3.8, 4) is 5.75 Å². The minimum Gasteiger partial charge on any atom is -0.484 e. The van der Waals surface area contributed by atoms with Crippen LogP contribution >= 0.6 is 0 Å². The molecule has 1 amide bonds. The predicted molar refractivity (Wildman–Crippen MR) is 82.7 cm³/mol. The van der Waals surface area contributed by atoms with Crippen LogP contribution in [0.1, 0.15) is 31.7 Å². The summed E-state index contributed by atoms with van der Waals surface area (Å²) in [6.45, 7) is 2.48. The largest absolute Gasteiger partial charge is 0.484 e. The van der Waals surface area contributed by atoms with Gasteiger partial charge >= 0.3 is 5.97 Å². The molecule has 0 aromatic heterocycles. The summed E-state index contributed by atoms with van der Waals surface area (Å²) in [5.41, 5.74) is 1.18. The minimum atomic E-state index is -0.296. The highest BCUT2D eigenvalue weighted by Gasteiger charge is 2.32. The van der Waals surface area contributed by atoms with Crippen molar-refractivity contribution >= 4 is 11.9 Å². The normalized spacial score (nSPS) is 13.5. The number of rotatable bonds is 8. The molecule has 0 saturated heterocycles. The van der Waals surface area contributed by atoms with Crippen molar-refractivity contribution in [1.82, 2.24) is 4.90 Å². The van der Waals surface area contributed by atoms with Crippen molar-refractivity contribution in [3.63, 3.8) is 0 Å². The SMILES string of the molecule is CCc1cccc(OCC(=O)N(CCC(=O)OC)C2CC2)c1. The summed E-state index contributed by atoms with van der Waals surface area (Å²) in [6, 6.07) is 8.00. The van der Waals surface area contributed by atoms with E-state index in [4.69, 9.17) is 4.74 Å². The third-order valence-corrected chi connectivity index (χ3v) is 3.76. The topological polar surface area (TPSA) is 55.8 Å². The van der Waals surface area contributed by atoms with Gasteiger partial charge in [0.05, 0.1) is 13.5 Å². The molecule has 1 aromatic carbocycles. The Morgan fingerprint density at radius 2 is 2.09 bits per heavy atom. The molecule has 0 radical (unpaired) electrons. The number of amides is 1. The van der Waals surface area contributed by atoms with E-state index in [0.717, 1.165) is 19.3 Å². The van der Waals surface area contributed by atoms with E-state index in [1.807, 2.05) is 24.3 Å². The monoisotopic (exact) mass is 305 g/mol. The Balaban J connectivity index is 1.86. The van der Waals surface area contributed by atoms with Crippen LogP contribution in [-0.4, -0.2) is 43.1 Å². The van der Waals surface area contributed by atoms with Crippen LogP contribution < -0.4 is 4.74 Å². The average Bonchev–Trinajstić information content (AvgIpc) is 3.37. The van der Waals surface area contributed by atoms with Gasteiger partial charge in [-0.25, -0.2) is 0 Å². The zero-order valence-corrected chi connectivity index (χ0v) is 13.2. The third kappa shape index (κ3) is 4.76. The Morgan fingerprint density at radius 3 is 2.73 bits per heavy atom. The second kappa shape index (κ2) is 7.82. The summed E-state index contributed by atoms with van der Waals surface area (Å²) in [5.74, 6) is 0.333. The van der Waals surface area contributed by atoms with Gasteiger partial charge in [0.25, 0.3) is 5.91 Å². The molecule has 0 unspecified atom stereocenters. The Hall–Kier alpha value is -2.04. The van der Waals surface area contributed by atoms with Gasteiger partial charge in [-0.15, -0.1) is 0 Å². The van der Waals surface area contributed by atoms with Crippen LogP contribution in [0.3, 0.4) is 0 Å². The number of carbonyl (C=O) groups excluding carboxylic acids is 2. The first-order chi connectivity index (χ1) is 10.6. The third-order valence-electron chi connectivity index (χ3n) is 3.76. The zero-order chi connectivity index (χ0) is 15.9. The van der Waals surface area contributed by atoms with Crippen LogP contribution in [0.15, 0.2) is 24.3 Å². The number of methoxy groups -OCH3 is 1. The van der Waals surface area contributed by atoms with E-state index in [9.17, 15) is 9.59 Å². The van der Waals surface area contributed by atoms with Gasteiger partial charge in [-0.1, -0.05) is 19.1 Å². The standard InChI is InChI=1S/C17H23NO4/c1-3-13-5-4-6-15(11-13)22-12-16(19)18(14-7-8-14)10-9-17(20)21-2/h4-6,11,14H,3,7-10,12H2,1-2H3. The quantitative estimate of drug-likeness (QED) is 0.691. The van der Waals surface area contributed by atoms with E-state index in [2.05, 4.69) is 11.7 Å². The first-order valence-electron chi connectivity index (χ1n) is 7.72. The van der Waals surface area contributed by atoms with Gasteiger partial charge in [0.1, 0.15) is 5.75 Å². The maximum Gasteiger partial charge on any atom is 0.307 e. The first kappa shape index (κ1) is 16.3. The number of nitrogens with zero attached hydrogens (tertiary/aromatic N) is 1. The van der Waals surface area contributed by atoms with Crippen LogP contribution in [-0.2, 0) is 20.7 Å². The van der Waals surface area contributed by atoms with Crippen LogP contribution in [0.5, 0.6) is 5.75 Å². The molecule has 0 atom stereocenters. The van der Waals surface area contributed by atoms with Gasteiger partial charge in [0.15, 0.2) is 6.61 Å². The molecule has 1 aliphatic carbocycles. The molecular weight excluding hydrogens is 282 g/mol. The number of benzene rings is 1. The molecule has 120 valence electrons. The van der Waals surface area contributed by atoms with Crippen molar-refractivity contribution in [2.75, 3.05) is 20.3 Å². The van der Waals surface area contributed by atoms with E-state index < -0.39 is 0 Å². The molecule has 2 rings (SSSR count). The summed E-state index contributed by atoms with van der Waals surface area (Å²) >= 11 is 0. The van der Waals surface area contributed by atoms with E-state index in [-0.39, 0.29) is 30.9 Å². The second-order valence-corrected chi connectivity index (χ2v) is 5.43. The molecule has 5 heteroatoms. The Kier molecular flexibility index (Phi) is 5.81. The van der Waals surface area contributed by atoms with Crippen LogP contribution in [0.25, 0.3) is 0 Å². The minimum absolute atomic E-state index is 0.00480. The van der Waals surface area contributed by atoms with E-state index >= 15 is 0 Å². The molecule has 22 heavy (non-hydrogen) atoms. The van der Waals surface area contributed by atoms with Crippen LogP contribution in [0, 0.1) is 0 Å².